The second-order valence-corrected chi connectivity index (χ2v) is 5.75. The van der Waals surface area contributed by atoms with Gasteiger partial charge in [0.1, 0.15) is 11.7 Å². The van der Waals surface area contributed by atoms with Gasteiger partial charge in [-0.1, -0.05) is 13.8 Å². The van der Waals surface area contributed by atoms with Crippen LogP contribution in [-0.4, -0.2) is 20.3 Å². The topological polar surface area (TPSA) is 57.9 Å². The first-order valence-corrected chi connectivity index (χ1v) is 6.80. The van der Waals surface area contributed by atoms with Gasteiger partial charge in [-0.3, -0.25) is 0 Å². The lowest BCUT2D eigenvalue weighted by atomic mass is 9.80. The Morgan fingerprint density at radius 3 is 2.43 bits per heavy atom. The van der Waals surface area contributed by atoms with Gasteiger partial charge in [-0.2, -0.15) is 0 Å². The minimum Gasteiger partial charge on any atom is -0.492 e. The van der Waals surface area contributed by atoms with Crippen LogP contribution in [0.5, 0.6) is 17.2 Å². The van der Waals surface area contributed by atoms with Gasteiger partial charge in [-0.05, 0) is 13.0 Å². The van der Waals surface area contributed by atoms with E-state index >= 15 is 0 Å². The van der Waals surface area contributed by atoms with Crippen molar-refractivity contribution in [2.24, 2.45) is 0 Å². The fourth-order valence-electron chi connectivity index (χ4n) is 2.84. The first kappa shape index (κ1) is 13.8. The van der Waals surface area contributed by atoms with Crippen molar-refractivity contribution in [3.63, 3.8) is 0 Å². The standard InChI is InChI=1S/C16H18O5/c1-8-16(2,3)11-12-9(6-7-10(17)21-12)13(18-4)15(19-5)14(11)20-8/h6-8H,1-5H3. The average Bonchev–Trinajstić information content (AvgIpc) is 2.68. The van der Waals surface area contributed by atoms with Gasteiger partial charge in [0.2, 0.25) is 5.75 Å². The van der Waals surface area contributed by atoms with Crippen LogP contribution >= 0.6 is 0 Å². The highest BCUT2D eigenvalue weighted by Crippen LogP contribution is 2.55. The quantitative estimate of drug-likeness (QED) is 0.796. The monoisotopic (exact) mass is 290 g/mol. The van der Waals surface area contributed by atoms with Crippen molar-refractivity contribution in [1.82, 2.24) is 0 Å². The molecule has 1 unspecified atom stereocenters. The van der Waals surface area contributed by atoms with E-state index in [9.17, 15) is 4.79 Å². The molecule has 2 heterocycles. The number of benzene rings is 1. The number of fused-ring (bicyclic) bond motifs is 3. The molecule has 1 aromatic heterocycles. The van der Waals surface area contributed by atoms with Crippen molar-refractivity contribution in [3.05, 3.63) is 28.1 Å². The van der Waals surface area contributed by atoms with E-state index in [1.807, 2.05) is 6.92 Å². The van der Waals surface area contributed by atoms with E-state index in [2.05, 4.69) is 13.8 Å². The molecule has 5 heteroatoms. The molecule has 0 amide bonds. The molecule has 1 aliphatic heterocycles. The number of hydrogen-bond acceptors (Lipinski definition) is 5. The van der Waals surface area contributed by atoms with Crippen LogP contribution in [0, 0.1) is 0 Å². The Labute approximate surface area is 122 Å². The molecule has 0 radical (unpaired) electrons. The van der Waals surface area contributed by atoms with Crippen LogP contribution < -0.4 is 19.8 Å². The molecule has 0 saturated heterocycles. The predicted molar refractivity (Wildman–Crippen MR) is 78.7 cm³/mol. The zero-order valence-electron chi connectivity index (χ0n) is 12.8. The van der Waals surface area contributed by atoms with Gasteiger partial charge in [0.25, 0.3) is 0 Å². The van der Waals surface area contributed by atoms with Gasteiger partial charge in [-0.15, -0.1) is 0 Å². The van der Waals surface area contributed by atoms with E-state index in [0.717, 1.165) is 5.56 Å². The van der Waals surface area contributed by atoms with Gasteiger partial charge >= 0.3 is 5.63 Å². The van der Waals surface area contributed by atoms with Crippen molar-refractivity contribution in [1.29, 1.82) is 0 Å². The Bertz CT molecular complexity index is 772. The molecule has 0 aliphatic carbocycles. The van der Waals surface area contributed by atoms with E-state index in [-0.39, 0.29) is 11.5 Å². The second kappa shape index (κ2) is 4.41. The van der Waals surface area contributed by atoms with Crippen LogP contribution in [0.2, 0.25) is 0 Å². The van der Waals surface area contributed by atoms with Crippen molar-refractivity contribution in [2.45, 2.75) is 32.3 Å². The van der Waals surface area contributed by atoms with E-state index < -0.39 is 5.63 Å². The summed E-state index contributed by atoms with van der Waals surface area (Å²) in [6, 6.07) is 3.07. The fraction of sp³-hybridized carbons (Fsp3) is 0.438. The summed E-state index contributed by atoms with van der Waals surface area (Å²) in [5.74, 6) is 1.64. The smallest absolute Gasteiger partial charge is 0.336 e. The van der Waals surface area contributed by atoms with Crippen LogP contribution in [0.1, 0.15) is 26.3 Å². The van der Waals surface area contributed by atoms with Crippen LogP contribution in [0.25, 0.3) is 11.0 Å². The van der Waals surface area contributed by atoms with Gasteiger partial charge in [0, 0.05) is 11.5 Å². The Balaban J connectivity index is 2.54. The highest BCUT2D eigenvalue weighted by Gasteiger charge is 2.44. The summed E-state index contributed by atoms with van der Waals surface area (Å²) in [5, 5.41) is 0.707. The molecule has 21 heavy (non-hydrogen) atoms. The molecular weight excluding hydrogens is 272 g/mol. The lowest BCUT2D eigenvalue weighted by Gasteiger charge is -2.22. The molecule has 112 valence electrons. The molecule has 2 aromatic rings. The lowest BCUT2D eigenvalue weighted by molar-refractivity contribution is 0.180. The zero-order valence-corrected chi connectivity index (χ0v) is 12.8. The summed E-state index contributed by atoms with van der Waals surface area (Å²) in [4.78, 5) is 11.7. The second-order valence-electron chi connectivity index (χ2n) is 5.75. The molecule has 3 rings (SSSR count). The summed E-state index contributed by atoms with van der Waals surface area (Å²) in [7, 11) is 3.13. The summed E-state index contributed by atoms with van der Waals surface area (Å²) in [6.07, 6.45) is -0.0674. The van der Waals surface area contributed by atoms with Gasteiger partial charge in [0.05, 0.1) is 25.2 Å². The van der Waals surface area contributed by atoms with Crippen molar-refractivity contribution in [3.8, 4) is 17.2 Å². The van der Waals surface area contributed by atoms with E-state index in [1.165, 1.54) is 6.07 Å². The number of methoxy groups -OCH3 is 2. The third-order valence-corrected chi connectivity index (χ3v) is 4.31. The van der Waals surface area contributed by atoms with Gasteiger partial charge in [-0.25, -0.2) is 4.79 Å². The van der Waals surface area contributed by atoms with Crippen LogP contribution in [-0.2, 0) is 5.41 Å². The molecule has 1 atom stereocenters. The maximum absolute atomic E-state index is 11.7. The maximum Gasteiger partial charge on any atom is 0.336 e. The van der Waals surface area contributed by atoms with Crippen molar-refractivity contribution < 1.29 is 18.6 Å². The SMILES string of the molecule is COc1c2c(c3oc(=O)ccc3c1OC)C(C)(C)C(C)O2. The zero-order chi connectivity index (χ0) is 15.4. The predicted octanol–water partition coefficient (Wildman–Crippen LogP) is 2.87. The molecular formula is C16H18O5. The normalized spacial score (nSPS) is 19.2. The van der Waals surface area contributed by atoms with Crippen LogP contribution in [0.15, 0.2) is 21.3 Å². The van der Waals surface area contributed by atoms with Crippen molar-refractivity contribution >= 4 is 11.0 Å². The lowest BCUT2D eigenvalue weighted by Crippen LogP contribution is -2.29. The molecule has 0 bridgehead atoms. The van der Waals surface area contributed by atoms with Crippen LogP contribution in [0.4, 0.5) is 0 Å². The Morgan fingerprint density at radius 2 is 1.81 bits per heavy atom. The minimum absolute atomic E-state index is 0.0674. The molecule has 1 aliphatic rings. The first-order valence-electron chi connectivity index (χ1n) is 6.80. The molecule has 5 nitrogen and oxygen atoms in total. The summed E-state index contributed by atoms with van der Waals surface area (Å²) in [5.41, 5.74) is 0.655. The summed E-state index contributed by atoms with van der Waals surface area (Å²) < 4.78 is 22.4. The van der Waals surface area contributed by atoms with Gasteiger partial charge in [0.15, 0.2) is 11.5 Å². The number of hydrogen-bond donors (Lipinski definition) is 0. The van der Waals surface area contributed by atoms with Crippen molar-refractivity contribution in [2.75, 3.05) is 14.2 Å². The van der Waals surface area contributed by atoms with E-state index in [1.54, 1.807) is 20.3 Å². The highest BCUT2D eigenvalue weighted by molar-refractivity contribution is 5.93. The molecule has 0 N–H and O–H groups in total. The highest BCUT2D eigenvalue weighted by atomic mass is 16.5. The Hall–Kier alpha value is -2.17. The van der Waals surface area contributed by atoms with Gasteiger partial charge < -0.3 is 18.6 Å². The third kappa shape index (κ3) is 1.73. The Kier molecular flexibility index (Phi) is 2.90. The first-order chi connectivity index (χ1) is 9.91. The van der Waals surface area contributed by atoms with Crippen LogP contribution in [0.3, 0.4) is 0 Å². The summed E-state index contributed by atoms with van der Waals surface area (Å²) >= 11 is 0. The molecule has 0 fully saturated rings. The molecule has 0 saturated carbocycles. The summed E-state index contributed by atoms with van der Waals surface area (Å²) in [6.45, 7) is 6.10. The average molecular weight is 290 g/mol. The fourth-order valence-corrected chi connectivity index (χ4v) is 2.84. The van der Waals surface area contributed by atoms with E-state index in [4.69, 9.17) is 18.6 Å². The molecule has 1 aromatic carbocycles. The number of rotatable bonds is 2. The maximum atomic E-state index is 11.7. The molecule has 0 spiro atoms. The third-order valence-electron chi connectivity index (χ3n) is 4.31. The van der Waals surface area contributed by atoms with E-state index in [0.29, 0.717) is 28.2 Å². The largest absolute Gasteiger partial charge is 0.492 e. The Morgan fingerprint density at radius 1 is 1.14 bits per heavy atom. The minimum atomic E-state index is -0.396. The number of ether oxygens (including phenoxy) is 3.